The Balaban J connectivity index is 1.41. The van der Waals surface area contributed by atoms with Crippen molar-refractivity contribution >= 4 is 5.97 Å². The third-order valence-electron chi connectivity index (χ3n) is 7.32. The Kier molecular flexibility index (Phi) is 8.43. The molecule has 1 aromatic carbocycles. The van der Waals surface area contributed by atoms with E-state index in [0.717, 1.165) is 37.0 Å². The number of carbonyl (C=O) groups excluding carboxylic acids is 1. The van der Waals surface area contributed by atoms with Crippen molar-refractivity contribution in [1.29, 1.82) is 0 Å². The number of esters is 1. The number of fused-ring (bicyclic) bond motifs is 1. The SMILES string of the molecule is CCCCCCCC1CCC2C[C@H](C(=O)Oc3ccc(CC)cc3)CC[C@@H]2C1. The molecule has 0 aliphatic heterocycles. The molecule has 0 amide bonds. The Bertz CT molecular complexity index is 591. The Hall–Kier alpha value is -1.31. The maximum Gasteiger partial charge on any atom is 0.314 e. The molecule has 0 radical (unpaired) electrons. The first-order valence-corrected chi connectivity index (χ1v) is 12.0. The molecule has 2 fully saturated rings. The van der Waals surface area contributed by atoms with Crippen molar-refractivity contribution in [2.24, 2.45) is 23.7 Å². The molecule has 0 heterocycles. The summed E-state index contributed by atoms with van der Waals surface area (Å²) in [6.45, 7) is 4.43. The number of rotatable bonds is 9. The molecule has 2 aliphatic carbocycles. The van der Waals surface area contributed by atoms with Crippen LogP contribution in [0, 0.1) is 23.7 Å². The highest BCUT2D eigenvalue weighted by atomic mass is 16.5. The fourth-order valence-corrected chi connectivity index (χ4v) is 5.49. The second-order valence-electron chi connectivity index (χ2n) is 9.33. The molecule has 2 unspecified atom stereocenters. The molecule has 4 atom stereocenters. The summed E-state index contributed by atoms with van der Waals surface area (Å²) >= 11 is 0. The topological polar surface area (TPSA) is 26.3 Å². The molecule has 28 heavy (non-hydrogen) atoms. The van der Waals surface area contributed by atoms with Crippen LogP contribution in [0.5, 0.6) is 5.75 Å². The van der Waals surface area contributed by atoms with E-state index in [1.165, 1.54) is 69.8 Å². The van der Waals surface area contributed by atoms with Crippen molar-refractivity contribution in [3.63, 3.8) is 0 Å². The molecule has 156 valence electrons. The van der Waals surface area contributed by atoms with Crippen LogP contribution in [0.2, 0.25) is 0 Å². The van der Waals surface area contributed by atoms with Gasteiger partial charge in [-0.15, -0.1) is 0 Å². The number of carbonyl (C=O) groups is 1. The van der Waals surface area contributed by atoms with Crippen LogP contribution in [-0.4, -0.2) is 5.97 Å². The van der Waals surface area contributed by atoms with Crippen molar-refractivity contribution in [2.75, 3.05) is 0 Å². The van der Waals surface area contributed by atoms with E-state index >= 15 is 0 Å². The van der Waals surface area contributed by atoms with E-state index in [0.29, 0.717) is 5.75 Å². The number of ether oxygens (including phenoxy) is 1. The zero-order valence-corrected chi connectivity index (χ0v) is 18.1. The first-order chi connectivity index (χ1) is 13.7. The predicted molar refractivity (Wildman–Crippen MR) is 116 cm³/mol. The number of aryl methyl sites for hydroxylation is 1. The largest absolute Gasteiger partial charge is 0.426 e. The van der Waals surface area contributed by atoms with Gasteiger partial charge in [0, 0.05) is 0 Å². The standard InChI is InChI=1S/C26H40O2/c1-3-5-6-7-8-9-21-10-13-23-19-24(15-14-22(23)18-21)26(27)28-25-16-11-20(4-2)12-17-25/h11-12,16-17,21-24H,3-10,13-15,18-19H2,1-2H3/t21?,22-,23?,24-/m1/s1. The van der Waals surface area contributed by atoms with Crippen LogP contribution in [0.1, 0.15) is 96.5 Å². The van der Waals surface area contributed by atoms with Crippen LogP contribution in [0.15, 0.2) is 24.3 Å². The highest BCUT2D eigenvalue weighted by Gasteiger charge is 2.38. The summed E-state index contributed by atoms with van der Waals surface area (Å²) < 4.78 is 5.70. The van der Waals surface area contributed by atoms with E-state index in [1.807, 2.05) is 12.1 Å². The van der Waals surface area contributed by atoms with E-state index in [-0.39, 0.29) is 11.9 Å². The van der Waals surface area contributed by atoms with Crippen molar-refractivity contribution < 1.29 is 9.53 Å². The van der Waals surface area contributed by atoms with Gasteiger partial charge >= 0.3 is 5.97 Å². The summed E-state index contributed by atoms with van der Waals surface area (Å²) in [5, 5.41) is 0. The third-order valence-corrected chi connectivity index (χ3v) is 7.32. The Morgan fingerprint density at radius 1 is 0.893 bits per heavy atom. The summed E-state index contributed by atoms with van der Waals surface area (Å²) in [5.74, 6) is 3.38. The number of hydrogen-bond donors (Lipinski definition) is 0. The van der Waals surface area contributed by atoms with E-state index in [4.69, 9.17) is 4.74 Å². The van der Waals surface area contributed by atoms with Gasteiger partial charge in [0.05, 0.1) is 5.92 Å². The monoisotopic (exact) mass is 384 g/mol. The van der Waals surface area contributed by atoms with Gasteiger partial charge in [-0.1, -0.05) is 70.9 Å². The van der Waals surface area contributed by atoms with Crippen LogP contribution in [-0.2, 0) is 11.2 Å². The van der Waals surface area contributed by atoms with Crippen molar-refractivity contribution in [2.45, 2.75) is 97.3 Å². The van der Waals surface area contributed by atoms with Gasteiger partial charge in [-0.25, -0.2) is 0 Å². The molecule has 2 nitrogen and oxygen atoms in total. The van der Waals surface area contributed by atoms with Crippen LogP contribution in [0.4, 0.5) is 0 Å². The van der Waals surface area contributed by atoms with Crippen molar-refractivity contribution in [1.82, 2.24) is 0 Å². The average molecular weight is 385 g/mol. The van der Waals surface area contributed by atoms with Gasteiger partial charge in [-0.3, -0.25) is 4.79 Å². The highest BCUT2D eigenvalue weighted by Crippen LogP contribution is 2.46. The molecule has 3 rings (SSSR count). The number of hydrogen-bond acceptors (Lipinski definition) is 2. The van der Waals surface area contributed by atoms with E-state index in [9.17, 15) is 4.79 Å². The van der Waals surface area contributed by atoms with E-state index in [1.54, 1.807) is 0 Å². The van der Waals surface area contributed by atoms with Crippen LogP contribution in [0.25, 0.3) is 0 Å². The highest BCUT2D eigenvalue weighted by molar-refractivity contribution is 5.75. The molecule has 0 N–H and O–H groups in total. The molecular formula is C26H40O2. The van der Waals surface area contributed by atoms with Crippen LogP contribution in [0.3, 0.4) is 0 Å². The lowest BCUT2D eigenvalue weighted by molar-refractivity contribution is -0.141. The van der Waals surface area contributed by atoms with Crippen LogP contribution >= 0.6 is 0 Å². The van der Waals surface area contributed by atoms with Gasteiger partial charge in [0.1, 0.15) is 5.75 Å². The van der Waals surface area contributed by atoms with E-state index < -0.39 is 0 Å². The molecule has 2 heteroatoms. The van der Waals surface area contributed by atoms with Crippen molar-refractivity contribution in [3.05, 3.63) is 29.8 Å². The summed E-state index contributed by atoms with van der Waals surface area (Å²) in [6, 6.07) is 7.99. The summed E-state index contributed by atoms with van der Waals surface area (Å²) in [5.41, 5.74) is 1.28. The maximum atomic E-state index is 12.7. The molecule has 0 spiro atoms. The molecule has 2 aliphatic rings. The number of unbranched alkanes of at least 4 members (excludes halogenated alkanes) is 4. The lowest BCUT2D eigenvalue weighted by Gasteiger charge is -2.41. The Morgan fingerprint density at radius 2 is 1.61 bits per heavy atom. The molecule has 0 aromatic heterocycles. The molecule has 0 bridgehead atoms. The quantitative estimate of drug-likeness (QED) is 0.253. The minimum Gasteiger partial charge on any atom is -0.426 e. The van der Waals surface area contributed by atoms with Gasteiger partial charge < -0.3 is 4.74 Å². The van der Waals surface area contributed by atoms with Gasteiger partial charge in [0.25, 0.3) is 0 Å². The zero-order valence-electron chi connectivity index (χ0n) is 18.1. The first-order valence-electron chi connectivity index (χ1n) is 12.0. The van der Waals surface area contributed by atoms with Crippen LogP contribution < -0.4 is 4.74 Å². The van der Waals surface area contributed by atoms with Crippen molar-refractivity contribution in [3.8, 4) is 5.75 Å². The predicted octanol–water partition coefficient (Wildman–Crippen LogP) is 7.35. The van der Waals surface area contributed by atoms with E-state index in [2.05, 4.69) is 26.0 Å². The second kappa shape index (κ2) is 11.0. The average Bonchev–Trinajstić information content (AvgIpc) is 2.73. The van der Waals surface area contributed by atoms with Gasteiger partial charge in [-0.2, -0.15) is 0 Å². The third kappa shape index (κ3) is 6.09. The minimum atomic E-state index is 0.000691. The summed E-state index contributed by atoms with van der Waals surface area (Å²) in [7, 11) is 0. The molecule has 0 saturated heterocycles. The summed E-state index contributed by atoms with van der Waals surface area (Å²) in [4.78, 5) is 12.7. The second-order valence-corrected chi connectivity index (χ2v) is 9.33. The smallest absolute Gasteiger partial charge is 0.314 e. The van der Waals surface area contributed by atoms with Gasteiger partial charge in [-0.05, 0) is 74.0 Å². The lowest BCUT2D eigenvalue weighted by Crippen LogP contribution is -2.35. The Morgan fingerprint density at radius 3 is 2.36 bits per heavy atom. The first kappa shape index (κ1) is 21.4. The minimum absolute atomic E-state index is 0.000691. The maximum absolute atomic E-state index is 12.7. The lowest BCUT2D eigenvalue weighted by atomic mass is 9.64. The molecule has 1 aromatic rings. The molecular weight excluding hydrogens is 344 g/mol. The fraction of sp³-hybridized carbons (Fsp3) is 0.731. The summed E-state index contributed by atoms with van der Waals surface area (Å²) in [6.07, 6.45) is 16.9. The number of benzene rings is 1. The Labute approximate surface area is 172 Å². The fourth-order valence-electron chi connectivity index (χ4n) is 5.49. The van der Waals surface area contributed by atoms with Gasteiger partial charge in [0.2, 0.25) is 0 Å². The zero-order chi connectivity index (χ0) is 19.8. The van der Waals surface area contributed by atoms with Gasteiger partial charge in [0.15, 0.2) is 0 Å². The normalized spacial score (nSPS) is 27.2. The molecule has 2 saturated carbocycles.